The lowest BCUT2D eigenvalue weighted by Crippen LogP contribution is -2.50. The summed E-state index contributed by atoms with van der Waals surface area (Å²) in [4.78, 5) is 38.4. The van der Waals surface area contributed by atoms with Crippen LogP contribution in [0.5, 0.6) is 0 Å². The van der Waals surface area contributed by atoms with E-state index in [0.717, 1.165) is 35.1 Å². The number of rotatable bonds is 10. The van der Waals surface area contributed by atoms with Gasteiger partial charge in [-0.05, 0) is 41.5 Å². The molecular weight excluding hydrogens is 420 g/mol. The van der Waals surface area contributed by atoms with Crippen molar-refractivity contribution in [3.8, 4) is 11.1 Å². The largest absolute Gasteiger partial charge is 0.481 e. The van der Waals surface area contributed by atoms with Crippen LogP contribution in [-0.2, 0) is 14.3 Å². The van der Waals surface area contributed by atoms with Crippen molar-refractivity contribution >= 4 is 18.0 Å². The molecule has 0 aliphatic heterocycles. The summed E-state index contributed by atoms with van der Waals surface area (Å²) in [6, 6.07) is 15.6. The lowest BCUT2D eigenvalue weighted by Gasteiger charge is -2.27. The number of hydrogen-bond donors (Lipinski definition) is 2. The molecular formula is C26H30N2O5. The van der Waals surface area contributed by atoms with E-state index in [1.807, 2.05) is 31.2 Å². The first-order valence-electron chi connectivity index (χ1n) is 11.6. The fraction of sp³-hybridized carbons (Fsp3) is 0.423. The Balaban J connectivity index is 1.40. The Morgan fingerprint density at radius 3 is 2.21 bits per heavy atom. The molecule has 0 spiro atoms. The highest BCUT2D eigenvalue weighted by atomic mass is 16.5. The van der Waals surface area contributed by atoms with Gasteiger partial charge in [0.05, 0.1) is 6.42 Å². The number of nitrogens with one attached hydrogen (secondary N) is 1. The summed E-state index contributed by atoms with van der Waals surface area (Å²) < 4.78 is 5.61. The second-order valence-corrected chi connectivity index (χ2v) is 8.72. The third-order valence-electron chi connectivity index (χ3n) is 6.35. The lowest BCUT2D eigenvalue weighted by atomic mass is 9.98. The zero-order valence-corrected chi connectivity index (χ0v) is 18.8. The van der Waals surface area contributed by atoms with Crippen molar-refractivity contribution in [2.75, 3.05) is 13.2 Å². The van der Waals surface area contributed by atoms with Crippen LogP contribution in [0.25, 0.3) is 11.1 Å². The number of carbonyl (C=O) groups excluding carboxylic acids is 2. The summed E-state index contributed by atoms with van der Waals surface area (Å²) in [7, 11) is 0. The monoisotopic (exact) mass is 450 g/mol. The molecule has 2 aliphatic rings. The van der Waals surface area contributed by atoms with Crippen molar-refractivity contribution in [2.24, 2.45) is 0 Å². The number of ether oxygens (including phenoxy) is 1. The van der Waals surface area contributed by atoms with Gasteiger partial charge in [-0.2, -0.15) is 0 Å². The number of carbonyl (C=O) groups is 3. The van der Waals surface area contributed by atoms with Gasteiger partial charge in [-0.1, -0.05) is 61.9 Å². The Hall–Kier alpha value is -3.35. The maximum atomic E-state index is 13.1. The van der Waals surface area contributed by atoms with Gasteiger partial charge in [-0.15, -0.1) is 0 Å². The predicted molar refractivity (Wildman–Crippen MR) is 124 cm³/mol. The summed E-state index contributed by atoms with van der Waals surface area (Å²) in [5.74, 6) is -1.22. The molecule has 2 aromatic rings. The third kappa shape index (κ3) is 5.18. The molecule has 0 radical (unpaired) electrons. The van der Waals surface area contributed by atoms with Gasteiger partial charge < -0.3 is 20.1 Å². The highest BCUT2D eigenvalue weighted by Gasteiger charge is 2.36. The van der Waals surface area contributed by atoms with Crippen LogP contribution in [0.15, 0.2) is 48.5 Å². The zero-order chi connectivity index (χ0) is 23.4. The minimum atomic E-state index is -0.940. The van der Waals surface area contributed by atoms with Crippen LogP contribution in [0.2, 0.25) is 0 Å². The second kappa shape index (κ2) is 10.1. The van der Waals surface area contributed by atoms with Crippen LogP contribution in [0.4, 0.5) is 4.79 Å². The molecule has 2 amide bonds. The third-order valence-corrected chi connectivity index (χ3v) is 6.35. The van der Waals surface area contributed by atoms with E-state index in [9.17, 15) is 14.4 Å². The van der Waals surface area contributed by atoms with Crippen molar-refractivity contribution in [2.45, 2.75) is 57.0 Å². The molecule has 0 unspecified atom stereocenters. The number of hydrogen-bond acceptors (Lipinski definition) is 4. The average Bonchev–Trinajstić information content (AvgIpc) is 3.59. The van der Waals surface area contributed by atoms with Crippen LogP contribution >= 0.6 is 0 Å². The van der Waals surface area contributed by atoms with E-state index in [-0.39, 0.29) is 37.4 Å². The van der Waals surface area contributed by atoms with Crippen molar-refractivity contribution in [1.82, 2.24) is 10.2 Å². The maximum Gasteiger partial charge on any atom is 0.407 e. The number of fused-ring (bicyclic) bond motifs is 3. The molecule has 1 saturated carbocycles. The van der Waals surface area contributed by atoms with Crippen LogP contribution in [0.1, 0.15) is 56.1 Å². The summed E-state index contributed by atoms with van der Waals surface area (Å²) >= 11 is 0. The molecule has 2 aromatic carbocycles. The number of alkyl carbamates (subject to hydrolysis) is 1. The smallest absolute Gasteiger partial charge is 0.407 e. The highest BCUT2D eigenvalue weighted by molar-refractivity contribution is 5.86. The molecule has 0 bridgehead atoms. The van der Waals surface area contributed by atoms with Crippen LogP contribution in [0, 0.1) is 0 Å². The van der Waals surface area contributed by atoms with Crippen LogP contribution < -0.4 is 5.32 Å². The Morgan fingerprint density at radius 1 is 1.06 bits per heavy atom. The zero-order valence-electron chi connectivity index (χ0n) is 18.8. The van der Waals surface area contributed by atoms with Crippen LogP contribution in [0.3, 0.4) is 0 Å². The molecule has 2 N–H and O–H groups in total. The Morgan fingerprint density at radius 2 is 1.67 bits per heavy atom. The molecule has 1 fully saturated rings. The minimum absolute atomic E-state index is 0.0537. The molecule has 0 saturated heterocycles. The first-order chi connectivity index (χ1) is 16.0. The van der Waals surface area contributed by atoms with Crippen molar-refractivity contribution < 1.29 is 24.2 Å². The minimum Gasteiger partial charge on any atom is -0.481 e. The van der Waals surface area contributed by atoms with E-state index < -0.39 is 18.1 Å². The van der Waals surface area contributed by atoms with Gasteiger partial charge in [-0.3, -0.25) is 9.59 Å². The molecule has 4 rings (SSSR count). The first kappa shape index (κ1) is 22.8. The van der Waals surface area contributed by atoms with Gasteiger partial charge >= 0.3 is 12.1 Å². The Kier molecular flexibility index (Phi) is 6.96. The number of amides is 2. The fourth-order valence-corrected chi connectivity index (χ4v) is 4.60. The molecule has 7 nitrogen and oxygen atoms in total. The summed E-state index contributed by atoms with van der Waals surface area (Å²) in [5, 5.41) is 11.8. The van der Waals surface area contributed by atoms with Crippen molar-refractivity contribution in [1.29, 1.82) is 0 Å². The average molecular weight is 451 g/mol. The van der Waals surface area contributed by atoms with Gasteiger partial charge in [-0.25, -0.2) is 4.79 Å². The SMILES string of the molecule is CCC[C@@H](NC(=O)OCC1c2ccccc2-c2ccccc21)C(=O)N(CCC(=O)O)C1CC1. The van der Waals surface area contributed by atoms with E-state index in [4.69, 9.17) is 9.84 Å². The van der Waals surface area contributed by atoms with Crippen molar-refractivity contribution in [3.63, 3.8) is 0 Å². The van der Waals surface area contributed by atoms with E-state index in [2.05, 4.69) is 29.6 Å². The number of benzene rings is 2. The predicted octanol–water partition coefficient (Wildman–Crippen LogP) is 4.16. The number of nitrogens with zero attached hydrogens (tertiary/aromatic N) is 1. The maximum absolute atomic E-state index is 13.1. The quantitative estimate of drug-likeness (QED) is 0.567. The van der Waals surface area contributed by atoms with Gasteiger partial charge in [0.15, 0.2) is 0 Å². The summed E-state index contributed by atoms with van der Waals surface area (Å²) in [6.45, 7) is 2.28. The molecule has 1 atom stereocenters. The van der Waals surface area contributed by atoms with E-state index in [1.165, 1.54) is 0 Å². The first-order valence-corrected chi connectivity index (χ1v) is 11.6. The lowest BCUT2D eigenvalue weighted by molar-refractivity contribution is -0.139. The van der Waals surface area contributed by atoms with E-state index in [1.54, 1.807) is 4.90 Å². The molecule has 2 aliphatic carbocycles. The summed E-state index contributed by atoms with van der Waals surface area (Å²) in [6.07, 6.45) is 2.19. The molecule has 0 aromatic heterocycles. The summed E-state index contributed by atoms with van der Waals surface area (Å²) in [5.41, 5.74) is 4.56. The van der Waals surface area contributed by atoms with E-state index in [0.29, 0.717) is 12.8 Å². The molecule has 0 heterocycles. The number of aliphatic carboxylic acids is 1. The fourth-order valence-electron chi connectivity index (χ4n) is 4.60. The number of carboxylic acid groups (broad SMARTS) is 1. The van der Waals surface area contributed by atoms with Gasteiger partial charge in [0.25, 0.3) is 0 Å². The standard InChI is InChI=1S/C26H30N2O5/c1-2-7-23(25(31)28(17-12-13-17)15-14-24(29)30)27-26(32)33-16-22-20-10-5-3-8-18(20)19-9-4-6-11-21(19)22/h3-6,8-11,17,22-23H,2,7,12-16H2,1H3,(H,27,32)(H,29,30)/t23-/m1/s1. The van der Waals surface area contributed by atoms with Crippen LogP contribution in [-0.4, -0.2) is 53.2 Å². The highest BCUT2D eigenvalue weighted by Crippen LogP contribution is 2.44. The van der Waals surface area contributed by atoms with E-state index >= 15 is 0 Å². The van der Waals surface area contributed by atoms with Crippen molar-refractivity contribution in [3.05, 3.63) is 59.7 Å². The molecule has 33 heavy (non-hydrogen) atoms. The molecule has 7 heteroatoms. The topological polar surface area (TPSA) is 95.9 Å². The second-order valence-electron chi connectivity index (χ2n) is 8.72. The normalized spacial score (nSPS) is 15.3. The Bertz CT molecular complexity index is 987. The number of carboxylic acids is 1. The molecule has 174 valence electrons. The van der Waals surface area contributed by atoms with Gasteiger partial charge in [0, 0.05) is 18.5 Å². The van der Waals surface area contributed by atoms with Gasteiger partial charge in [0.1, 0.15) is 12.6 Å². The van der Waals surface area contributed by atoms with Gasteiger partial charge in [0.2, 0.25) is 5.91 Å². The Labute approximate surface area is 193 Å².